The third-order valence-electron chi connectivity index (χ3n) is 5.19. The fraction of sp³-hybridized carbons (Fsp3) is 0.579. The first-order valence-electron chi connectivity index (χ1n) is 9.86. The Balaban J connectivity index is 1.90. The lowest BCUT2D eigenvalue weighted by atomic mass is 9.89. The maximum Gasteiger partial charge on any atom is 0.297 e. The molecule has 1 aliphatic rings. The molecule has 0 spiro atoms. The zero-order valence-electron chi connectivity index (χ0n) is 17.4. The topological polar surface area (TPSA) is 70.7 Å². The quantitative estimate of drug-likeness (QED) is 0.188. The molecule has 2 atom stereocenters. The van der Waals surface area contributed by atoms with Gasteiger partial charge in [0.1, 0.15) is 11.9 Å². The largest absolute Gasteiger partial charge is 0.386 e. The predicted octanol–water partition coefficient (Wildman–Crippen LogP) is 4.58. The highest BCUT2D eigenvalue weighted by Gasteiger charge is 2.58. The maximum absolute atomic E-state index is 11.7. The molecule has 1 aromatic carbocycles. The normalized spacial score (nSPS) is 19.0. The summed E-state index contributed by atoms with van der Waals surface area (Å²) in [5.74, 6) is 0. The number of aliphatic hydroxyl groups is 1. The van der Waals surface area contributed by atoms with E-state index in [0.29, 0.717) is 35.8 Å². The van der Waals surface area contributed by atoms with Gasteiger partial charge < -0.3 is 18.9 Å². The van der Waals surface area contributed by atoms with Crippen LogP contribution in [0, 0.1) is 4.77 Å². The van der Waals surface area contributed by atoms with Gasteiger partial charge in [-0.3, -0.25) is 0 Å². The van der Waals surface area contributed by atoms with Crippen molar-refractivity contribution in [3.8, 4) is 0 Å². The zero-order chi connectivity index (χ0) is 22.7. The highest BCUT2D eigenvalue weighted by molar-refractivity contribution is 8.09. The summed E-state index contributed by atoms with van der Waals surface area (Å²) in [7, 11) is 1.58. The van der Waals surface area contributed by atoms with Gasteiger partial charge in [0.2, 0.25) is 4.77 Å². The van der Waals surface area contributed by atoms with E-state index in [0.717, 1.165) is 5.56 Å². The molecule has 172 valence electrons. The van der Waals surface area contributed by atoms with Gasteiger partial charge in [0.05, 0.1) is 31.2 Å². The number of alkyl halides is 1. The van der Waals surface area contributed by atoms with E-state index in [2.05, 4.69) is 5.10 Å². The van der Waals surface area contributed by atoms with Crippen LogP contribution in [-0.4, -0.2) is 56.6 Å². The first-order valence-corrected chi connectivity index (χ1v) is 13.6. The number of hydrogen-bond acceptors (Lipinski definition) is 7. The molecular formula is C19H26Cl2N3O4PS2. The molecule has 1 aliphatic carbocycles. The minimum Gasteiger partial charge on any atom is -0.386 e. The van der Waals surface area contributed by atoms with Crippen LogP contribution in [0.4, 0.5) is 0 Å². The van der Waals surface area contributed by atoms with Crippen LogP contribution < -0.4 is 0 Å². The van der Waals surface area contributed by atoms with Crippen molar-refractivity contribution < 1.29 is 18.9 Å². The Labute approximate surface area is 202 Å². The number of nitrogens with zero attached hydrogens (tertiary/aromatic N) is 3. The van der Waals surface area contributed by atoms with Crippen LogP contribution in [0.5, 0.6) is 0 Å². The summed E-state index contributed by atoms with van der Waals surface area (Å²) in [4.78, 5) is -0.764. The molecule has 0 amide bonds. The number of methoxy groups -OCH3 is 1. The molecule has 1 saturated carbocycles. The minimum absolute atomic E-state index is 0.0904. The number of halogens is 2. The Kier molecular flexibility index (Phi) is 8.38. The summed E-state index contributed by atoms with van der Waals surface area (Å²) in [6.07, 6.45) is 3.16. The summed E-state index contributed by atoms with van der Waals surface area (Å²) < 4.78 is 20.0. The van der Waals surface area contributed by atoms with E-state index in [1.54, 1.807) is 17.5 Å². The first kappa shape index (κ1) is 25.3. The van der Waals surface area contributed by atoms with E-state index in [1.165, 1.54) is 11.0 Å². The maximum atomic E-state index is 11.7. The summed E-state index contributed by atoms with van der Waals surface area (Å²) in [5, 5.41) is 16.6. The molecule has 7 nitrogen and oxygen atoms in total. The number of rotatable bonds is 12. The zero-order valence-corrected chi connectivity index (χ0v) is 21.4. The Morgan fingerprint density at radius 1 is 1.29 bits per heavy atom. The van der Waals surface area contributed by atoms with E-state index in [9.17, 15) is 5.11 Å². The molecule has 0 radical (unpaired) electrons. The molecular weight excluding hydrogens is 500 g/mol. The lowest BCUT2D eigenvalue weighted by molar-refractivity contribution is 0.00722. The molecule has 1 N–H and O–H groups in total. The van der Waals surface area contributed by atoms with Crippen molar-refractivity contribution in [3.05, 3.63) is 45.9 Å². The Morgan fingerprint density at radius 3 is 2.61 bits per heavy atom. The van der Waals surface area contributed by atoms with Gasteiger partial charge in [-0.15, -0.1) is 11.6 Å². The van der Waals surface area contributed by atoms with Crippen molar-refractivity contribution in [1.82, 2.24) is 14.1 Å². The third kappa shape index (κ3) is 5.60. The van der Waals surface area contributed by atoms with Crippen LogP contribution in [-0.2, 0) is 38.6 Å². The smallest absolute Gasteiger partial charge is 0.297 e. The van der Waals surface area contributed by atoms with Crippen molar-refractivity contribution in [2.45, 2.75) is 43.2 Å². The molecule has 12 heteroatoms. The van der Waals surface area contributed by atoms with Crippen LogP contribution in [0.2, 0.25) is 5.02 Å². The second kappa shape index (κ2) is 10.3. The van der Waals surface area contributed by atoms with Crippen molar-refractivity contribution in [2.24, 2.45) is 0 Å². The van der Waals surface area contributed by atoms with Gasteiger partial charge in [0, 0.05) is 18.6 Å². The lowest BCUT2D eigenvalue weighted by Gasteiger charge is -2.33. The van der Waals surface area contributed by atoms with Gasteiger partial charge in [-0.05, 0) is 55.4 Å². The summed E-state index contributed by atoms with van der Waals surface area (Å²) in [6, 6.07) is 7.40. The number of hydrogen-bond donors (Lipinski definition) is 1. The van der Waals surface area contributed by atoms with Gasteiger partial charge in [0.15, 0.2) is 0 Å². The summed E-state index contributed by atoms with van der Waals surface area (Å²) in [5.41, 5.74) is -0.492. The minimum atomic E-state index is -2.94. The summed E-state index contributed by atoms with van der Waals surface area (Å²) >= 11 is 24.4. The molecule has 3 rings (SSSR count). The van der Waals surface area contributed by atoms with Gasteiger partial charge in [-0.2, -0.15) is 5.10 Å². The molecule has 0 bridgehead atoms. The SMILES string of the molecule is CCOP(=S)(OCCOC)n1cnn(CC(O)(Cc2ccccc2Cl)C2(Cl)CC2)c1=S. The predicted molar refractivity (Wildman–Crippen MR) is 128 cm³/mol. The van der Waals surface area contributed by atoms with E-state index in [4.69, 9.17) is 61.0 Å². The molecule has 31 heavy (non-hydrogen) atoms. The van der Waals surface area contributed by atoms with Gasteiger partial charge in [-0.1, -0.05) is 29.8 Å². The van der Waals surface area contributed by atoms with Crippen LogP contribution >= 0.6 is 42.1 Å². The van der Waals surface area contributed by atoms with Crippen LogP contribution in [0.3, 0.4) is 0 Å². The van der Waals surface area contributed by atoms with Gasteiger partial charge in [0.25, 0.3) is 6.64 Å². The molecule has 1 heterocycles. The van der Waals surface area contributed by atoms with Crippen LogP contribution in [0.1, 0.15) is 25.3 Å². The fourth-order valence-corrected chi connectivity index (χ4v) is 6.70. The van der Waals surface area contributed by atoms with Gasteiger partial charge >= 0.3 is 0 Å². The second-order valence-electron chi connectivity index (χ2n) is 7.39. The average molecular weight is 526 g/mol. The average Bonchev–Trinajstić information content (AvgIpc) is 3.39. The number of ether oxygens (including phenoxy) is 1. The number of benzene rings is 1. The van der Waals surface area contributed by atoms with E-state index in [1.807, 2.05) is 25.1 Å². The van der Waals surface area contributed by atoms with E-state index in [-0.39, 0.29) is 19.6 Å². The van der Waals surface area contributed by atoms with Gasteiger partial charge in [-0.25, -0.2) is 9.02 Å². The standard InChI is InChI=1S/C19H26Cl2N3O4PS2/c1-3-27-29(31,28-11-10-26-2)24-14-22-23(17(24)30)13-19(25,18(21)8-9-18)12-15-6-4-5-7-16(15)20/h4-7,14,25H,3,8-13H2,1-2H3. The summed E-state index contributed by atoms with van der Waals surface area (Å²) in [6.45, 7) is -0.0114. The van der Waals surface area contributed by atoms with E-state index >= 15 is 0 Å². The van der Waals surface area contributed by atoms with Crippen molar-refractivity contribution in [2.75, 3.05) is 26.9 Å². The monoisotopic (exact) mass is 525 g/mol. The number of aromatic nitrogens is 3. The van der Waals surface area contributed by atoms with Crippen molar-refractivity contribution in [1.29, 1.82) is 0 Å². The second-order valence-corrected chi connectivity index (χ2v) is 12.2. The third-order valence-corrected chi connectivity index (χ3v) is 9.91. The van der Waals surface area contributed by atoms with Crippen LogP contribution in [0.15, 0.2) is 30.6 Å². The Morgan fingerprint density at radius 2 is 2.00 bits per heavy atom. The molecule has 1 aromatic heterocycles. The molecule has 2 unspecified atom stereocenters. The van der Waals surface area contributed by atoms with Crippen molar-refractivity contribution >= 4 is 53.9 Å². The lowest BCUT2D eigenvalue weighted by Crippen LogP contribution is -2.47. The highest BCUT2D eigenvalue weighted by Crippen LogP contribution is 2.54. The molecule has 0 aliphatic heterocycles. The highest BCUT2D eigenvalue weighted by atomic mass is 35.5. The van der Waals surface area contributed by atoms with Crippen LogP contribution in [0.25, 0.3) is 0 Å². The Hall–Kier alpha value is -0.350. The molecule has 1 fully saturated rings. The molecule has 0 saturated heterocycles. The van der Waals surface area contributed by atoms with Crippen molar-refractivity contribution in [3.63, 3.8) is 0 Å². The fourth-order valence-electron chi connectivity index (χ4n) is 3.30. The molecule has 2 aromatic rings. The van der Waals surface area contributed by atoms with E-state index < -0.39 is 17.1 Å². The first-order chi connectivity index (χ1) is 14.7. The Bertz CT molecular complexity index is 1010.